The van der Waals surface area contributed by atoms with Gasteiger partial charge in [0.25, 0.3) is 6.85 Å². The van der Waals surface area contributed by atoms with Crippen LogP contribution in [0.1, 0.15) is 104 Å². The van der Waals surface area contributed by atoms with E-state index >= 15 is 0 Å². The summed E-state index contributed by atoms with van der Waals surface area (Å²) in [5.74, 6) is 1.71. The SMILES string of the molecule is CCc1c(C(C)(C)C)nn(B2C3CCCC2CCC3)c1C(C)(C)C. The summed E-state index contributed by atoms with van der Waals surface area (Å²) in [7, 11) is 0. The number of hydrogen-bond acceptors (Lipinski definition) is 1. The van der Waals surface area contributed by atoms with E-state index in [1.807, 2.05) is 0 Å². The summed E-state index contributed by atoms with van der Waals surface area (Å²) in [4.78, 5) is 0. The molecule has 2 saturated heterocycles. The van der Waals surface area contributed by atoms with E-state index in [0.717, 1.165) is 18.1 Å². The minimum Gasteiger partial charge on any atom is -0.313 e. The Morgan fingerprint density at radius 2 is 1.42 bits per heavy atom. The second kappa shape index (κ2) is 6.22. The van der Waals surface area contributed by atoms with Gasteiger partial charge in [-0.2, -0.15) is 5.10 Å². The minimum atomic E-state index is 0.125. The van der Waals surface area contributed by atoms with Crippen LogP contribution in [0.5, 0.6) is 0 Å². The van der Waals surface area contributed by atoms with Gasteiger partial charge in [0.2, 0.25) is 0 Å². The van der Waals surface area contributed by atoms with E-state index in [1.165, 1.54) is 55.5 Å². The largest absolute Gasteiger partial charge is 0.313 e. The summed E-state index contributed by atoms with van der Waals surface area (Å²) in [5, 5.41) is 5.34. The van der Waals surface area contributed by atoms with Gasteiger partial charge in [0.15, 0.2) is 0 Å². The highest BCUT2D eigenvalue weighted by molar-refractivity contribution is 6.60. The third-order valence-electron chi connectivity index (χ3n) is 6.33. The Kier molecular flexibility index (Phi) is 4.68. The van der Waals surface area contributed by atoms with Crippen LogP contribution in [0.15, 0.2) is 0 Å². The fraction of sp³-hybridized carbons (Fsp3) is 0.857. The molecule has 2 fully saturated rings. The van der Waals surface area contributed by atoms with Crippen molar-refractivity contribution in [1.82, 2.24) is 9.69 Å². The van der Waals surface area contributed by atoms with E-state index in [4.69, 9.17) is 5.10 Å². The standard InChI is InChI=1S/C21H37BN2/c1-8-17-18(20(2,3)4)23-24(19(17)21(5,6)7)22-15-11-9-12-16(22)14-10-13-15/h15-16H,8-14H2,1-7H3. The summed E-state index contributed by atoms with van der Waals surface area (Å²) < 4.78 is 2.55. The van der Waals surface area contributed by atoms with E-state index in [9.17, 15) is 0 Å². The molecular formula is C21H37BN2. The summed E-state index contributed by atoms with van der Waals surface area (Å²) >= 11 is 0. The molecule has 1 aromatic heterocycles. The fourth-order valence-corrected chi connectivity index (χ4v) is 5.46. The van der Waals surface area contributed by atoms with Crippen LogP contribution in [0.3, 0.4) is 0 Å². The van der Waals surface area contributed by atoms with Crippen molar-refractivity contribution in [3.8, 4) is 0 Å². The van der Waals surface area contributed by atoms with Gasteiger partial charge >= 0.3 is 0 Å². The quantitative estimate of drug-likeness (QED) is 0.610. The lowest BCUT2D eigenvalue weighted by molar-refractivity contribution is 0.426. The molecule has 134 valence electrons. The molecule has 2 aliphatic rings. The van der Waals surface area contributed by atoms with Crippen molar-refractivity contribution >= 4 is 6.85 Å². The maximum absolute atomic E-state index is 5.34. The van der Waals surface area contributed by atoms with Gasteiger partial charge in [0, 0.05) is 16.5 Å². The lowest BCUT2D eigenvalue weighted by Gasteiger charge is -2.41. The molecule has 0 N–H and O–H groups in total. The van der Waals surface area contributed by atoms with Gasteiger partial charge < -0.3 is 4.59 Å². The van der Waals surface area contributed by atoms with Crippen molar-refractivity contribution in [2.24, 2.45) is 0 Å². The lowest BCUT2D eigenvalue weighted by atomic mass is 9.34. The Hall–Kier alpha value is -0.725. The Bertz CT molecular complexity index is 566. The van der Waals surface area contributed by atoms with Crippen molar-refractivity contribution < 1.29 is 0 Å². The zero-order valence-corrected chi connectivity index (χ0v) is 17.1. The number of hydrogen-bond donors (Lipinski definition) is 0. The summed E-state index contributed by atoms with van der Waals surface area (Å²) in [5.41, 5.74) is 4.68. The summed E-state index contributed by atoms with van der Waals surface area (Å²) in [6.07, 6.45) is 9.62. The van der Waals surface area contributed by atoms with Gasteiger partial charge in [-0.25, -0.2) is 0 Å². The van der Waals surface area contributed by atoms with E-state index < -0.39 is 0 Å². The zero-order valence-electron chi connectivity index (χ0n) is 17.1. The lowest BCUT2D eigenvalue weighted by Crippen LogP contribution is -2.44. The first-order valence-corrected chi connectivity index (χ1v) is 10.3. The topological polar surface area (TPSA) is 17.8 Å². The molecule has 0 saturated carbocycles. The number of aromatic nitrogens is 2. The number of nitrogens with zero attached hydrogens (tertiary/aromatic N) is 2. The molecule has 0 atom stereocenters. The predicted molar refractivity (Wildman–Crippen MR) is 105 cm³/mol. The predicted octanol–water partition coefficient (Wildman–Crippen LogP) is 5.99. The van der Waals surface area contributed by atoms with Gasteiger partial charge in [0.05, 0.1) is 5.69 Å². The first-order chi connectivity index (χ1) is 11.1. The highest BCUT2D eigenvalue weighted by Crippen LogP contribution is 2.48. The fourth-order valence-electron chi connectivity index (χ4n) is 5.46. The van der Waals surface area contributed by atoms with Crippen molar-refractivity contribution in [1.29, 1.82) is 0 Å². The van der Waals surface area contributed by atoms with Crippen LogP contribution in [-0.4, -0.2) is 16.5 Å². The van der Waals surface area contributed by atoms with Crippen LogP contribution < -0.4 is 0 Å². The molecule has 0 unspecified atom stereocenters. The first kappa shape index (κ1) is 18.1. The zero-order chi connectivity index (χ0) is 17.7. The first-order valence-electron chi connectivity index (χ1n) is 10.3. The Morgan fingerprint density at radius 3 is 1.79 bits per heavy atom. The minimum absolute atomic E-state index is 0.125. The highest BCUT2D eigenvalue weighted by atomic mass is 15.3. The van der Waals surface area contributed by atoms with E-state index in [1.54, 1.807) is 0 Å². The summed E-state index contributed by atoms with van der Waals surface area (Å²) in [6, 6.07) is 0. The monoisotopic (exact) mass is 328 g/mol. The van der Waals surface area contributed by atoms with E-state index in [2.05, 4.69) is 53.1 Å². The molecule has 0 aromatic carbocycles. The molecule has 0 amide bonds. The number of rotatable bonds is 2. The van der Waals surface area contributed by atoms with E-state index in [0.29, 0.717) is 6.85 Å². The third kappa shape index (κ3) is 3.08. The molecule has 3 heterocycles. The smallest absolute Gasteiger partial charge is 0.290 e. The Labute approximate surface area is 149 Å². The molecule has 3 rings (SSSR count). The average molecular weight is 328 g/mol. The highest BCUT2D eigenvalue weighted by Gasteiger charge is 2.45. The van der Waals surface area contributed by atoms with Crippen LogP contribution in [0.25, 0.3) is 0 Å². The maximum Gasteiger partial charge on any atom is 0.290 e. The van der Waals surface area contributed by atoms with Crippen molar-refractivity contribution in [2.75, 3.05) is 0 Å². The third-order valence-corrected chi connectivity index (χ3v) is 6.33. The molecule has 2 bridgehead atoms. The average Bonchev–Trinajstić information content (AvgIpc) is 2.85. The maximum atomic E-state index is 5.34. The van der Waals surface area contributed by atoms with Crippen LogP contribution in [0.4, 0.5) is 0 Å². The van der Waals surface area contributed by atoms with Crippen molar-refractivity contribution in [3.63, 3.8) is 0 Å². The van der Waals surface area contributed by atoms with Crippen molar-refractivity contribution in [3.05, 3.63) is 17.0 Å². The van der Waals surface area contributed by atoms with Gasteiger partial charge in [-0.1, -0.05) is 87.0 Å². The molecule has 0 radical (unpaired) electrons. The Morgan fingerprint density at radius 1 is 0.917 bits per heavy atom. The van der Waals surface area contributed by atoms with Crippen molar-refractivity contribution in [2.45, 2.75) is 116 Å². The van der Waals surface area contributed by atoms with Crippen LogP contribution >= 0.6 is 0 Å². The molecular weight excluding hydrogens is 291 g/mol. The van der Waals surface area contributed by atoms with Gasteiger partial charge in [0.1, 0.15) is 0 Å². The second-order valence-electron chi connectivity index (χ2n) is 10.3. The Balaban J connectivity index is 2.18. The molecule has 24 heavy (non-hydrogen) atoms. The van der Waals surface area contributed by atoms with Gasteiger partial charge in [-0.15, -0.1) is 0 Å². The van der Waals surface area contributed by atoms with Gasteiger partial charge in [-0.05, 0) is 23.6 Å². The molecule has 3 heteroatoms. The number of fused-ring (bicyclic) bond motifs is 2. The summed E-state index contributed by atoms with van der Waals surface area (Å²) in [6.45, 7) is 17.1. The van der Waals surface area contributed by atoms with Crippen LogP contribution in [-0.2, 0) is 17.3 Å². The molecule has 0 aliphatic carbocycles. The normalized spacial score (nSPS) is 25.2. The molecule has 1 aromatic rings. The molecule has 2 aliphatic heterocycles. The molecule has 0 spiro atoms. The van der Waals surface area contributed by atoms with E-state index in [-0.39, 0.29) is 10.8 Å². The van der Waals surface area contributed by atoms with Crippen LogP contribution in [0.2, 0.25) is 11.6 Å². The molecule has 2 nitrogen and oxygen atoms in total. The second-order valence-corrected chi connectivity index (χ2v) is 10.3. The van der Waals surface area contributed by atoms with Gasteiger partial charge in [-0.3, -0.25) is 0 Å². The van der Waals surface area contributed by atoms with Crippen LogP contribution in [0, 0.1) is 0 Å².